The van der Waals surface area contributed by atoms with Gasteiger partial charge in [-0.25, -0.2) is 0 Å². The minimum atomic E-state index is 0.105. The predicted molar refractivity (Wildman–Crippen MR) is 74.5 cm³/mol. The van der Waals surface area contributed by atoms with Gasteiger partial charge in [0.05, 0.1) is 6.54 Å². The fraction of sp³-hybridized carbons (Fsp3) is 0.917. The number of hydrogen-bond acceptors (Lipinski definition) is 4. The van der Waals surface area contributed by atoms with Gasteiger partial charge < -0.3 is 15.5 Å². The van der Waals surface area contributed by atoms with Crippen LogP contribution in [-0.4, -0.2) is 61.1 Å². The smallest absolute Gasteiger partial charge is 0.234 e. The Hall–Kier alpha value is -0.260. The summed E-state index contributed by atoms with van der Waals surface area (Å²) in [7, 11) is 0. The molecule has 1 amide bonds. The van der Waals surface area contributed by atoms with Crippen LogP contribution >= 0.6 is 11.8 Å². The molecule has 1 rings (SSSR count). The minimum absolute atomic E-state index is 0.105. The van der Waals surface area contributed by atoms with Crippen LogP contribution < -0.4 is 10.6 Å². The monoisotopic (exact) mass is 259 g/mol. The second-order valence-corrected chi connectivity index (χ2v) is 5.73. The van der Waals surface area contributed by atoms with Crippen molar-refractivity contribution in [2.24, 2.45) is 0 Å². The average Bonchev–Trinajstić information content (AvgIpc) is 2.36. The molecular weight excluding hydrogens is 234 g/mol. The third kappa shape index (κ3) is 6.91. The zero-order valence-corrected chi connectivity index (χ0v) is 11.8. The second kappa shape index (κ2) is 8.78. The summed E-state index contributed by atoms with van der Waals surface area (Å²) in [5.74, 6) is 2.59. The summed E-state index contributed by atoms with van der Waals surface area (Å²) in [5, 5.41) is 6.15. The van der Waals surface area contributed by atoms with Crippen LogP contribution in [0, 0.1) is 0 Å². The van der Waals surface area contributed by atoms with Crippen LogP contribution in [0.25, 0.3) is 0 Å². The van der Waals surface area contributed by atoms with E-state index in [9.17, 15) is 4.79 Å². The van der Waals surface area contributed by atoms with E-state index >= 15 is 0 Å². The maximum atomic E-state index is 11.5. The predicted octanol–water partition coefficient (Wildman–Crippen LogP) is 0.540. The van der Waals surface area contributed by atoms with Crippen LogP contribution in [0.4, 0.5) is 0 Å². The summed E-state index contributed by atoms with van der Waals surface area (Å²) < 4.78 is 0. The SMILES string of the molecule is CCC(C)NC(=O)CNCCN1CCSCC1. The number of rotatable bonds is 7. The van der Waals surface area contributed by atoms with Crippen molar-refractivity contribution in [1.82, 2.24) is 15.5 Å². The van der Waals surface area contributed by atoms with Gasteiger partial charge in [-0.15, -0.1) is 0 Å². The number of hydrogen-bond donors (Lipinski definition) is 2. The van der Waals surface area contributed by atoms with Crippen molar-refractivity contribution in [2.45, 2.75) is 26.3 Å². The van der Waals surface area contributed by atoms with Crippen LogP contribution in [-0.2, 0) is 4.79 Å². The molecular formula is C12H25N3OS. The van der Waals surface area contributed by atoms with Gasteiger partial charge >= 0.3 is 0 Å². The maximum absolute atomic E-state index is 11.5. The highest BCUT2D eigenvalue weighted by atomic mass is 32.2. The third-order valence-corrected chi connectivity index (χ3v) is 3.96. The summed E-state index contributed by atoms with van der Waals surface area (Å²) in [6.45, 7) is 8.87. The first kappa shape index (κ1) is 14.8. The van der Waals surface area contributed by atoms with Crippen molar-refractivity contribution in [1.29, 1.82) is 0 Å². The van der Waals surface area contributed by atoms with Crippen molar-refractivity contribution in [3.05, 3.63) is 0 Å². The largest absolute Gasteiger partial charge is 0.353 e. The Kier molecular flexibility index (Phi) is 7.64. The van der Waals surface area contributed by atoms with Crippen molar-refractivity contribution >= 4 is 17.7 Å². The van der Waals surface area contributed by atoms with E-state index in [0.717, 1.165) is 19.5 Å². The molecule has 1 heterocycles. The highest BCUT2D eigenvalue weighted by Crippen LogP contribution is 2.07. The summed E-state index contributed by atoms with van der Waals surface area (Å²) in [4.78, 5) is 13.9. The molecule has 0 saturated carbocycles. The number of carbonyl (C=O) groups excluding carboxylic acids is 1. The van der Waals surface area contributed by atoms with Crippen molar-refractivity contribution in [3.8, 4) is 0 Å². The van der Waals surface area contributed by atoms with Gasteiger partial charge in [0.15, 0.2) is 0 Å². The second-order valence-electron chi connectivity index (χ2n) is 4.51. The molecule has 1 aliphatic rings. The first-order chi connectivity index (χ1) is 8.22. The maximum Gasteiger partial charge on any atom is 0.234 e. The van der Waals surface area contributed by atoms with E-state index in [0.29, 0.717) is 6.54 Å². The lowest BCUT2D eigenvalue weighted by atomic mass is 10.2. The highest BCUT2D eigenvalue weighted by molar-refractivity contribution is 7.99. The fourth-order valence-corrected chi connectivity index (χ4v) is 2.67. The molecule has 1 aliphatic heterocycles. The number of nitrogens with one attached hydrogen (secondary N) is 2. The van der Waals surface area contributed by atoms with E-state index in [1.165, 1.54) is 24.6 Å². The number of carbonyl (C=O) groups is 1. The molecule has 5 heteroatoms. The molecule has 1 unspecified atom stereocenters. The van der Waals surface area contributed by atoms with Gasteiger partial charge in [0.1, 0.15) is 0 Å². The van der Waals surface area contributed by atoms with E-state index in [2.05, 4.69) is 22.5 Å². The van der Waals surface area contributed by atoms with Gasteiger partial charge in [-0.05, 0) is 13.3 Å². The zero-order valence-electron chi connectivity index (χ0n) is 11.0. The normalized spacial score (nSPS) is 18.9. The standard InChI is InChI=1S/C12H25N3OS/c1-3-11(2)14-12(16)10-13-4-5-15-6-8-17-9-7-15/h11,13H,3-10H2,1-2H3,(H,14,16). The van der Waals surface area contributed by atoms with Gasteiger partial charge in [0.2, 0.25) is 5.91 Å². The van der Waals surface area contributed by atoms with Gasteiger partial charge in [0, 0.05) is 43.7 Å². The first-order valence-corrected chi connectivity index (χ1v) is 7.68. The Labute approximate surface area is 109 Å². The fourth-order valence-electron chi connectivity index (χ4n) is 1.69. The lowest BCUT2D eigenvalue weighted by Crippen LogP contribution is -2.42. The first-order valence-electron chi connectivity index (χ1n) is 6.52. The summed E-state index contributed by atoms with van der Waals surface area (Å²) in [6, 6.07) is 0.281. The van der Waals surface area contributed by atoms with Gasteiger partial charge in [-0.1, -0.05) is 6.92 Å². The molecule has 100 valence electrons. The van der Waals surface area contributed by atoms with Crippen molar-refractivity contribution in [3.63, 3.8) is 0 Å². The molecule has 0 bridgehead atoms. The zero-order chi connectivity index (χ0) is 12.5. The number of thioether (sulfide) groups is 1. The minimum Gasteiger partial charge on any atom is -0.353 e. The molecule has 1 saturated heterocycles. The van der Waals surface area contributed by atoms with Gasteiger partial charge in [0.25, 0.3) is 0 Å². The Balaban J connectivity index is 1.97. The molecule has 0 aliphatic carbocycles. The molecule has 0 aromatic rings. The number of nitrogens with zero attached hydrogens (tertiary/aromatic N) is 1. The highest BCUT2D eigenvalue weighted by Gasteiger charge is 2.09. The molecule has 0 aromatic carbocycles. The Morgan fingerprint density at radius 2 is 2.12 bits per heavy atom. The van der Waals surface area contributed by atoms with E-state index in [1.807, 2.05) is 18.7 Å². The molecule has 1 fully saturated rings. The summed E-state index contributed by atoms with van der Waals surface area (Å²) in [6.07, 6.45) is 0.983. The molecule has 1 atom stereocenters. The van der Waals surface area contributed by atoms with E-state index in [4.69, 9.17) is 0 Å². The molecule has 0 radical (unpaired) electrons. The summed E-state index contributed by atoms with van der Waals surface area (Å²) >= 11 is 2.03. The summed E-state index contributed by atoms with van der Waals surface area (Å²) in [5.41, 5.74) is 0. The lowest BCUT2D eigenvalue weighted by Gasteiger charge is -2.26. The Bertz CT molecular complexity index is 220. The topological polar surface area (TPSA) is 44.4 Å². The number of amides is 1. The van der Waals surface area contributed by atoms with E-state index in [-0.39, 0.29) is 11.9 Å². The quantitative estimate of drug-likeness (QED) is 0.655. The van der Waals surface area contributed by atoms with Crippen molar-refractivity contribution < 1.29 is 4.79 Å². The van der Waals surface area contributed by atoms with Gasteiger partial charge in [-0.2, -0.15) is 11.8 Å². The van der Waals surface area contributed by atoms with Crippen LogP contribution in [0.3, 0.4) is 0 Å². The van der Waals surface area contributed by atoms with Crippen LogP contribution in [0.2, 0.25) is 0 Å². The Morgan fingerprint density at radius 3 is 2.76 bits per heavy atom. The van der Waals surface area contributed by atoms with Crippen LogP contribution in [0.5, 0.6) is 0 Å². The third-order valence-electron chi connectivity index (χ3n) is 3.01. The molecule has 0 spiro atoms. The van der Waals surface area contributed by atoms with E-state index in [1.54, 1.807) is 0 Å². The molecule has 17 heavy (non-hydrogen) atoms. The molecule has 2 N–H and O–H groups in total. The van der Waals surface area contributed by atoms with Crippen LogP contribution in [0.1, 0.15) is 20.3 Å². The lowest BCUT2D eigenvalue weighted by molar-refractivity contribution is -0.120. The molecule has 4 nitrogen and oxygen atoms in total. The van der Waals surface area contributed by atoms with Crippen LogP contribution in [0.15, 0.2) is 0 Å². The van der Waals surface area contributed by atoms with E-state index < -0.39 is 0 Å². The van der Waals surface area contributed by atoms with Crippen molar-refractivity contribution in [2.75, 3.05) is 44.2 Å². The molecule has 0 aromatic heterocycles. The van der Waals surface area contributed by atoms with Gasteiger partial charge in [-0.3, -0.25) is 4.79 Å². The average molecular weight is 259 g/mol. The Morgan fingerprint density at radius 1 is 1.41 bits per heavy atom.